The van der Waals surface area contributed by atoms with Crippen LogP contribution in [-0.2, 0) is 16.1 Å². The van der Waals surface area contributed by atoms with Gasteiger partial charge in [-0.1, -0.05) is 12.1 Å². The lowest BCUT2D eigenvalue weighted by molar-refractivity contribution is -0.119. The summed E-state index contributed by atoms with van der Waals surface area (Å²) >= 11 is 0. The molecule has 19 heavy (non-hydrogen) atoms. The second-order valence-electron chi connectivity index (χ2n) is 5.34. The minimum Gasteiger partial charge on any atom is -0.317 e. The number of benzene rings is 1. The Kier molecular flexibility index (Phi) is 3.80. The second-order valence-corrected chi connectivity index (χ2v) is 5.34. The molecule has 1 aromatic rings. The number of carbonyl (C=O) groups is 1. The second kappa shape index (κ2) is 5.72. The van der Waals surface area contributed by atoms with E-state index >= 15 is 0 Å². The van der Waals surface area contributed by atoms with E-state index in [4.69, 9.17) is 4.84 Å². The normalized spacial score (nSPS) is 21.1. The SMILES string of the molecule is O=C1CCON1c1cccc(CC2CCNCC2)c1. The maximum atomic E-state index is 11.7. The molecule has 2 fully saturated rings. The lowest BCUT2D eigenvalue weighted by Crippen LogP contribution is -2.28. The molecule has 0 bridgehead atoms. The Bertz CT molecular complexity index is 455. The molecule has 0 radical (unpaired) electrons. The van der Waals surface area contributed by atoms with Crippen LogP contribution < -0.4 is 10.4 Å². The molecule has 2 aliphatic heterocycles. The highest BCUT2D eigenvalue weighted by atomic mass is 16.7. The molecule has 2 saturated heterocycles. The van der Waals surface area contributed by atoms with Gasteiger partial charge in [0, 0.05) is 0 Å². The number of nitrogens with one attached hydrogen (secondary N) is 1. The van der Waals surface area contributed by atoms with Gasteiger partial charge in [-0.2, -0.15) is 5.06 Å². The predicted octanol–water partition coefficient (Wildman–Crippen LogP) is 1.90. The van der Waals surface area contributed by atoms with E-state index < -0.39 is 0 Å². The average Bonchev–Trinajstić information content (AvgIpc) is 2.86. The number of rotatable bonds is 3. The van der Waals surface area contributed by atoms with Crippen molar-refractivity contribution >= 4 is 11.6 Å². The first-order valence-electron chi connectivity index (χ1n) is 7.08. The van der Waals surface area contributed by atoms with E-state index in [1.165, 1.54) is 23.5 Å². The van der Waals surface area contributed by atoms with E-state index in [9.17, 15) is 4.79 Å². The first kappa shape index (κ1) is 12.6. The fourth-order valence-electron chi connectivity index (χ4n) is 2.85. The van der Waals surface area contributed by atoms with Crippen LogP contribution in [-0.4, -0.2) is 25.6 Å². The molecule has 0 atom stereocenters. The molecule has 1 amide bonds. The molecule has 3 rings (SSSR count). The van der Waals surface area contributed by atoms with Crippen molar-refractivity contribution < 1.29 is 9.63 Å². The number of hydrogen-bond acceptors (Lipinski definition) is 3. The Morgan fingerprint density at radius 1 is 1.32 bits per heavy atom. The van der Waals surface area contributed by atoms with Crippen LogP contribution in [0, 0.1) is 5.92 Å². The Labute approximate surface area is 113 Å². The van der Waals surface area contributed by atoms with Crippen molar-refractivity contribution in [2.24, 2.45) is 5.92 Å². The van der Waals surface area contributed by atoms with Gasteiger partial charge < -0.3 is 5.32 Å². The monoisotopic (exact) mass is 260 g/mol. The fraction of sp³-hybridized carbons (Fsp3) is 0.533. The number of amides is 1. The molecule has 1 N–H and O–H groups in total. The third-order valence-corrected chi connectivity index (χ3v) is 3.89. The highest BCUT2D eigenvalue weighted by Crippen LogP contribution is 2.24. The smallest absolute Gasteiger partial charge is 0.253 e. The molecule has 4 heteroatoms. The van der Waals surface area contributed by atoms with Crippen molar-refractivity contribution in [3.05, 3.63) is 29.8 Å². The summed E-state index contributed by atoms with van der Waals surface area (Å²) in [6.07, 6.45) is 4.06. The van der Waals surface area contributed by atoms with E-state index in [0.29, 0.717) is 13.0 Å². The zero-order valence-corrected chi connectivity index (χ0v) is 11.1. The van der Waals surface area contributed by atoms with Crippen LogP contribution in [0.25, 0.3) is 0 Å². The van der Waals surface area contributed by atoms with E-state index in [-0.39, 0.29) is 5.91 Å². The van der Waals surface area contributed by atoms with Crippen LogP contribution in [0.5, 0.6) is 0 Å². The van der Waals surface area contributed by atoms with Gasteiger partial charge in [-0.25, -0.2) is 0 Å². The van der Waals surface area contributed by atoms with Crippen LogP contribution in [0.4, 0.5) is 5.69 Å². The molecule has 0 aromatic heterocycles. The summed E-state index contributed by atoms with van der Waals surface area (Å²) in [5.41, 5.74) is 2.17. The molecule has 0 aliphatic carbocycles. The van der Waals surface area contributed by atoms with Gasteiger partial charge in [-0.15, -0.1) is 0 Å². The quantitative estimate of drug-likeness (QED) is 0.902. The molecular weight excluding hydrogens is 240 g/mol. The summed E-state index contributed by atoms with van der Waals surface area (Å²) in [5, 5.41) is 4.83. The maximum absolute atomic E-state index is 11.7. The van der Waals surface area contributed by atoms with Gasteiger partial charge in [0.25, 0.3) is 5.91 Å². The molecule has 102 valence electrons. The van der Waals surface area contributed by atoms with Gasteiger partial charge in [0.2, 0.25) is 0 Å². The number of hydroxylamine groups is 1. The van der Waals surface area contributed by atoms with Crippen LogP contribution in [0.1, 0.15) is 24.8 Å². The lowest BCUT2D eigenvalue weighted by atomic mass is 9.91. The minimum absolute atomic E-state index is 0.0546. The van der Waals surface area contributed by atoms with E-state index in [0.717, 1.165) is 31.1 Å². The predicted molar refractivity (Wildman–Crippen MR) is 73.8 cm³/mol. The summed E-state index contributed by atoms with van der Waals surface area (Å²) in [5.74, 6) is 0.811. The number of piperidine rings is 1. The molecular formula is C15H20N2O2. The minimum atomic E-state index is 0.0546. The summed E-state index contributed by atoms with van der Waals surface area (Å²) in [7, 11) is 0. The molecule has 1 aromatic carbocycles. The largest absolute Gasteiger partial charge is 0.317 e. The number of nitrogens with zero attached hydrogens (tertiary/aromatic N) is 1. The van der Waals surface area contributed by atoms with Gasteiger partial charge in [-0.3, -0.25) is 9.63 Å². The van der Waals surface area contributed by atoms with E-state index in [2.05, 4.69) is 17.4 Å². The van der Waals surface area contributed by atoms with Crippen LogP contribution in [0.2, 0.25) is 0 Å². The van der Waals surface area contributed by atoms with Crippen molar-refractivity contribution in [3.8, 4) is 0 Å². The Hall–Kier alpha value is -1.39. The van der Waals surface area contributed by atoms with E-state index in [1.807, 2.05) is 12.1 Å². The molecule has 0 saturated carbocycles. The van der Waals surface area contributed by atoms with Crippen molar-refractivity contribution in [1.29, 1.82) is 0 Å². The number of anilines is 1. The van der Waals surface area contributed by atoms with Gasteiger partial charge in [0.15, 0.2) is 0 Å². The molecule has 0 spiro atoms. The number of hydrogen-bond donors (Lipinski definition) is 1. The van der Waals surface area contributed by atoms with Gasteiger partial charge >= 0.3 is 0 Å². The van der Waals surface area contributed by atoms with Crippen LogP contribution >= 0.6 is 0 Å². The lowest BCUT2D eigenvalue weighted by Gasteiger charge is -2.23. The summed E-state index contributed by atoms with van der Waals surface area (Å²) in [6.45, 7) is 2.74. The topological polar surface area (TPSA) is 41.6 Å². The summed E-state index contributed by atoms with van der Waals surface area (Å²) in [4.78, 5) is 17.0. The molecule has 2 aliphatic rings. The summed E-state index contributed by atoms with van der Waals surface area (Å²) in [6, 6.07) is 8.19. The first-order chi connectivity index (χ1) is 9.33. The molecule has 2 heterocycles. The van der Waals surface area contributed by atoms with Gasteiger partial charge in [-0.05, 0) is 56.0 Å². The van der Waals surface area contributed by atoms with Crippen molar-refractivity contribution in [2.45, 2.75) is 25.7 Å². The Morgan fingerprint density at radius 2 is 2.16 bits per heavy atom. The van der Waals surface area contributed by atoms with Crippen LogP contribution in [0.3, 0.4) is 0 Å². The Morgan fingerprint density at radius 3 is 2.89 bits per heavy atom. The first-order valence-corrected chi connectivity index (χ1v) is 7.08. The Balaban J connectivity index is 1.70. The molecule has 0 unspecified atom stereocenters. The van der Waals surface area contributed by atoms with Gasteiger partial charge in [0.1, 0.15) is 0 Å². The van der Waals surface area contributed by atoms with Crippen molar-refractivity contribution in [2.75, 3.05) is 24.8 Å². The third-order valence-electron chi connectivity index (χ3n) is 3.89. The zero-order chi connectivity index (χ0) is 13.1. The standard InChI is InChI=1S/C15H20N2O2/c18-15-6-9-19-17(15)14-3-1-2-13(11-14)10-12-4-7-16-8-5-12/h1-3,11-12,16H,4-10H2. The maximum Gasteiger partial charge on any atom is 0.253 e. The zero-order valence-electron chi connectivity index (χ0n) is 11.1. The van der Waals surface area contributed by atoms with Crippen molar-refractivity contribution in [1.82, 2.24) is 5.32 Å². The van der Waals surface area contributed by atoms with Crippen molar-refractivity contribution in [3.63, 3.8) is 0 Å². The molecule has 4 nitrogen and oxygen atoms in total. The highest BCUT2D eigenvalue weighted by Gasteiger charge is 2.23. The average molecular weight is 260 g/mol. The van der Waals surface area contributed by atoms with Gasteiger partial charge in [0.05, 0.1) is 18.7 Å². The summed E-state index contributed by atoms with van der Waals surface area (Å²) < 4.78 is 0. The van der Waals surface area contributed by atoms with Crippen LogP contribution in [0.15, 0.2) is 24.3 Å². The fourth-order valence-corrected chi connectivity index (χ4v) is 2.85. The third kappa shape index (κ3) is 2.96. The highest BCUT2D eigenvalue weighted by molar-refractivity contribution is 5.92. The van der Waals surface area contributed by atoms with E-state index in [1.54, 1.807) is 0 Å². The number of carbonyl (C=O) groups excluding carboxylic acids is 1.